The Balaban J connectivity index is 1.65. The maximum atomic E-state index is 13.4. The lowest BCUT2D eigenvalue weighted by molar-refractivity contribution is -0.140. The fourth-order valence-corrected chi connectivity index (χ4v) is 3.81. The van der Waals surface area contributed by atoms with Crippen LogP contribution in [0.1, 0.15) is 27.2 Å². The molecule has 4 rings (SSSR count). The number of hydrogen-bond acceptors (Lipinski definition) is 3. The van der Waals surface area contributed by atoms with Gasteiger partial charge in [-0.2, -0.15) is 13.2 Å². The second-order valence-corrected chi connectivity index (χ2v) is 8.00. The van der Waals surface area contributed by atoms with Gasteiger partial charge in [0, 0.05) is 41.6 Å². The first kappa shape index (κ1) is 22.5. The Morgan fingerprint density at radius 3 is 2.55 bits per heavy atom. The zero-order valence-electron chi connectivity index (χ0n) is 18.3. The molecule has 4 aromatic rings. The van der Waals surface area contributed by atoms with Crippen molar-refractivity contribution >= 4 is 16.8 Å². The summed E-state index contributed by atoms with van der Waals surface area (Å²) in [5, 5.41) is 0.923. The summed E-state index contributed by atoms with van der Waals surface area (Å²) in [4.78, 5) is 25.6. The molecule has 0 bridgehead atoms. The maximum Gasteiger partial charge on any atom is 0.406 e. The summed E-state index contributed by atoms with van der Waals surface area (Å²) >= 11 is 0. The van der Waals surface area contributed by atoms with Gasteiger partial charge in [0.1, 0.15) is 12.2 Å². The van der Waals surface area contributed by atoms with Gasteiger partial charge in [-0.3, -0.25) is 9.78 Å². The predicted molar refractivity (Wildman–Crippen MR) is 121 cm³/mol. The zero-order chi connectivity index (χ0) is 23.6. The number of carbonyl (C=O) groups excluding carboxylic acids is 1. The van der Waals surface area contributed by atoms with Crippen LogP contribution in [0.2, 0.25) is 0 Å². The molecule has 0 radical (unpaired) electrons. The largest absolute Gasteiger partial charge is 0.406 e. The smallest absolute Gasteiger partial charge is 0.361 e. The van der Waals surface area contributed by atoms with Crippen molar-refractivity contribution in [2.45, 2.75) is 26.4 Å². The SMILES string of the molecule is Cc1ccc(-c2nccnc2C(=O)N(CCc2c[nH]c3ccccc23)CC(F)(F)F)cc1C. The second kappa shape index (κ2) is 9.05. The van der Waals surface area contributed by atoms with Crippen molar-refractivity contribution < 1.29 is 18.0 Å². The number of nitrogens with zero attached hydrogens (tertiary/aromatic N) is 3. The molecule has 0 aliphatic rings. The van der Waals surface area contributed by atoms with Crippen molar-refractivity contribution in [3.8, 4) is 11.3 Å². The fourth-order valence-electron chi connectivity index (χ4n) is 3.81. The highest BCUT2D eigenvalue weighted by Crippen LogP contribution is 2.26. The van der Waals surface area contributed by atoms with Gasteiger partial charge >= 0.3 is 6.18 Å². The average Bonchev–Trinajstić information content (AvgIpc) is 3.20. The number of amides is 1. The highest BCUT2D eigenvalue weighted by atomic mass is 19.4. The van der Waals surface area contributed by atoms with E-state index in [1.807, 2.05) is 50.2 Å². The molecule has 0 spiro atoms. The van der Waals surface area contributed by atoms with Crippen molar-refractivity contribution in [2.24, 2.45) is 0 Å². The molecule has 1 N–H and O–H groups in total. The Hall–Kier alpha value is -3.68. The molecule has 0 aliphatic heterocycles. The number of carbonyl (C=O) groups is 1. The molecule has 2 aromatic carbocycles. The first-order chi connectivity index (χ1) is 15.7. The first-order valence-electron chi connectivity index (χ1n) is 10.5. The van der Waals surface area contributed by atoms with Crippen LogP contribution in [0, 0.1) is 13.8 Å². The summed E-state index contributed by atoms with van der Waals surface area (Å²) < 4.78 is 40.2. The van der Waals surface area contributed by atoms with Crippen molar-refractivity contribution in [2.75, 3.05) is 13.1 Å². The summed E-state index contributed by atoms with van der Waals surface area (Å²) in [5.74, 6) is -0.798. The number of aromatic nitrogens is 3. The number of rotatable bonds is 6. The molecule has 0 unspecified atom stereocenters. The van der Waals surface area contributed by atoms with E-state index in [4.69, 9.17) is 0 Å². The van der Waals surface area contributed by atoms with E-state index in [9.17, 15) is 18.0 Å². The lowest BCUT2D eigenvalue weighted by atomic mass is 10.0. The number of aromatic amines is 1. The summed E-state index contributed by atoms with van der Waals surface area (Å²) in [6, 6.07) is 13.1. The summed E-state index contributed by atoms with van der Waals surface area (Å²) in [5.41, 5.74) is 4.61. The number of fused-ring (bicyclic) bond motifs is 1. The highest BCUT2D eigenvalue weighted by Gasteiger charge is 2.34. The number of hydrogen-bond donors (Lipinski definition) is 1. The van der Waals surface area contributed by atoms with Crippen LogP contribution in [0.15, 0.2) is 61.1 Å². The third-order valence-electron chi connectivity index (χ3n) is 5.66. The molecular formula is C25H23F3N4O. The summed E-state index contributed by atoms with van der Waals surface area (Å²) in [6.07, 6.45) is 0.248. The van der Waals surface area contributed by atoms with Crippen LogP contribution < -0.4 is 0 Å². The Bertz CT molecular complexity index is 1300. The lowest BCUT2D eigenvalue weighted by Crippen LogP contribution is -2.40. The normalized spacial score (nSPS) is 11.7. The standard InChI is InChI=1S/C25H23F3N4O/c1-16-7-8-18(13-17(16)2)22-23(30-11-10-29-22)24(33)32(15-25(26,27)28)12-9-19-14-31-21-6-4-3-5-20(19)21/h3-8,10-11,13-14,31H,9,12,15H2,1-2H3. The van der Waals surface area contributed by atoms with Gasteiger partial charge in [0.15, 0.2) is 5.69 Å². The Labute approximate surface area is 189 Å². The van der Waals surface area contributed by atoms with Gasteiger partial charge in [-0.05, 0) is 49.1 Å². The average molecular weight is 452 g/mol. The Kier molecular flexibility index (Phi) is 6.18. The predicted octanol–water partition coefficient (Wildman–Crippen LogP) is 5.49. The number of benzene rings is 2. The van der Waals surface area contributed by atoms with Gasteiger partial charge in [0.05, 0.1) is 0 Å². The van der Waals surface area contributed by atoms with Crippen molar-refractivity contribution in [3.63, 3.8) is 0 Å². The number of aryl methyl sites for hydroxylation is 2. The van der Waals surface area contributed by atoms with Gasteiger partial charge in [0.2, 0.25) is 0 Å². The molecule has 0 atom stereocenters. The number of para-hydroxylation sites is 1. The summed E-state index contributed by atoms with van der Waals surface area (Å²) in [7, 11) is 0. The molecule has 33 heavy (non-hydrogen) atoms. The van der Waals surface area contributed by atoms with E-state index in [0.29, 0.717) is 5.56 Å². The quantitative estimate of drug-likeness (QED) is 0.421. The number of halogens is 3. The molecular weight excluding hydrogens is 429 g/mol. The number of H-pyrrole nitrogens is 1. The lowest BCUT2D eigenvalue weighted by Gasteiger charge is -2.24. The number of alkyl halides is 3. The van der Waals surface area contributed by atoms with Crippen molar-refractivity contribution in [3.05, 3.63) is 83.4 Å². The van der Waals surface area contributed by atoms with E-state index in [2.05, 4.69) is 15.0 Å². The van der Waals surface area contributed by atoms with E-state index in [1.54, 1.807) is 12.3 Å². The van der Waals surface area contributed by atoms with Crippen LogP contribution in [0.25, 0.3) is 22.2 Å². The van der Waals surface area contributed by atoms with Crippen LogP contribution in [0.5, 0.6) is 0 Å². The number of nitrogens with one attached hydrogen (secondary N) is 1. The van der Waals surface area contributed by atoms with Gasteiger partial charge in [0.25, 0.3) is 5.91 Å². The molecule has 0 aliphatic carbocycles. The Morgan fingerprint density at radius 2 is 1.79 bits per heavy atom. The molecule has 2 aromatic heterocycles. The molecule has 5 nitrogen and oxygen atoms in total. The maximum absolute atomic E-state index is 13.4. The Morgan fingerprint density at radius 1 is 1.03 bits per heavy atom. The van der Waals surface area contributed by atoms with Crippen LogP contribution in [-0.4, -0.2) is 45.0 Å². The van der Waals surface area contributed by atoms with Gasteiger partial charge in [-0.25, -0.2) is 4.98 Å². The third kappa shape index (κ3) is 5.05. The van der Waals surface area contributed by atoms with E-state index in [-0.39, 0.29) is 24.4 Å². The molecule has 8 heteroatoms. The van der Waals surface area contributed by atoms with Crippen LogP contribution in [0.4, 0.5) is 13.2 Å². The van der Waals surface area contributed by atoms with E-state index < -0.39 is 18.6 Å². The van der Waals surface area contributed by atoms with E-state index in [1.165, 1.54) is 12.4 Å². The minimum Gasteiger partial charge on any atom is -0.361 e. The fraction of sp³-hybridized carbons (Fsp3) is 0.240. The second-order valence-electron chi connectivity index (χ2n) is 8.00. The van der Waals surface area contributed by atoms with Gasteiger partial charge in [-0.15, -0.1) is 0 Å². The van der Waals surface area contributed by atoms with Crippen LogP contribution >= 0.6 is 0 Å². The summed E-state index contributed by atoms with van der Waals surface area (Å²) in [6.45, 7) is 2.41. The molecule has 170 valence electrons. The molecule has 2 heterocycles. The minimum atomic E-state index is -4.54. The minimum absolute atomic E-state index is 0.0936. The van der Waals surface area contributed by atoms with Crippen LogP contribution in [0.3, 0.4) is 0 Å². The van der Waals surface area contributed by atoms with E-state index in [0.717, 1.165) is 32.5 Å². The topological polar surface area (TPSA) is 61.9 Å². The zero-order valence-corrected chi connectivity index (χ0v) is 18.3. The van der Waals surface area contributed by atoms with Crippen molar-refractivity contribution in [1.29, 1.82) is 0 Å². The van der Waals surface area contributed by atoms with Gasteiger partial charge < -0.3 is 9.88 Å². The highest BCUT2D eigenvalue weighted by molar-refractivity contribution is 5.98. The molecule has 1 amide bonds. The first-order valence-corrected chi connectivity index (χ1v) is 10.5. The molecule has 0 fully saturated rings. The van der Waals surface area contributed by atoms with Crippen molar-refractivity contribution in [1.82, 2.24) is 19.9 Å². The third-order valence-corrected chi connectivity index (χ3v) is 5.66. The molecule has 0 saturated carbocycles. The van der Waals surface area contributed by atoms with E-state index >= 15 is 0 Å². The monoisotopic (exact) mass is 452 g/mol. The molecule has 0 saturated heterocycles. The van der Waals surface area contributed by atoms with Crippen LogP contribution in [-0.2, 0) is 6.42 Å². The van der Waals surface area contributed by atoms with Gasteiger partial charge in [-0.1, -0.05) is 30.3 Å².